The van der Waals surface area contributed by atoms with E-state index in [1.54, 1.807) is 11.6 Å². The number of carbonyl (C=O) groups excluding carboxylic acids is 2. The summed E-state index contributed by atoms with van der Waals surface area (Å²) in [5, 5.41) is 18.1. The Hall–Kier alpha value is -2.56. The van der Waals surface area contributed by atoms with E-state index in [4.69, 9.17) is 5.84 Å². The van der Waals surface area contributed by atoms with Crippen LogP contribution in [0.5, 0.6) is 0 Å². The minimum atomic E-state index is -0.572. The minimum Gasteiger partial charge on any atom is -0.334 e. The molecular formula is C21H30N8O2S. The van der Waals surface area contributed by atoms with Crippen molar-refractivity contribution in [2.24, 2.45) is 17.8 Å². The monoisotopic (exact) mass is 458 g/mol. The maximum atomic E-state index is 12.7. The number of rotatable bonds is 5. The summed E-state index contributed by atoms with van der Waals surface area (Å²) in [5.74, 6) is 8.31. The molecule has 0 saturated heterocycles. The van der Waals surface area contributed by atoms with Crippen molar-refractivity contribution in [1.82, 2.24) is 35.3 Å². The zero-order chi connectivity index (χ0) is 22.6. The van der Waals surface area contributed by atoms with Crippen molar-refractivity contribution in [3.8, 4) is 5.95 Å². The first kappa shape index (κ1) is 21.3. The number of carbonyl (C=O) groups is 2. The molecule has 0 spiro atoms. The summed E-state index contributed by atoms with van der Waals surface area (Å²) in [5.41, 5.74) is 1.59. The van der Waals surface area contributed by atoms with Crippen LogP contribution >= 0.6 is 11.8 Å². The van der Waals surface area contributed by atoms with Gasteiger partial charge in [-0.25, -0.2) is 14.2 Å². The van der Waals surface area contributed by atoms with Gasteiger partial charge in [-0.05, 0) is 83.1 Å². The molecule has 1 atom stereocenters. The fraction of sp³-hybridized carbons (Fsp3) is 0.667. The highest BCUT2D eigenvalue weighted by Gasteiger charge is 2.51. The van der Waals surface area contributed by atoms with Gasteiger partial charge in [0.2, 0.25) is 11.1 Å². The first-order valence-electron chi connectivity index (χ1n) is 11.2. The van der Waals surface area contributed by atoms with E-state index in [-0.39, 0.29) is 11.4 Å². The van der Waals surface area contributed by atoms with Crippen LogP contribution in [0.4, 0.5) is 4.79 Å². The number of aryl methyl sites for hydroxylation is 2. The summed E-state index contributed by atoms with van der Waals surface area (Å²) >= 11 is 1.15. The maximum absolute atomic E-state index is 12.7. The van der Waals surface area contributed by atoms with Gasteiger partial charge in [-0.1, -0.05) is 11.8 Å². The summed E-state index contributed by atoms with van der Waals surface area (Å²) in [6.07, 6.45) is 7.01. The van der Waals surface area contributed by atoms with Crippen molar-refractivity contribution < 1.29 is 9.59 Å². The smallest absolute Gasteiger partial charge is 0.321 e. The number of hydrogen-bond donors (Lipinski definition) is 3. The fourth-order valence-corrected chi connectivity index (χ4v) is 7.05. The predicted molar refractivity (Wildman–Crippen MR) is 120 cm³/mol. The zero-order valence-electron chi connectivity index (χ0n) is 18.7. The van der Waals surface area contributed by atoms with Crippen LogP contribution in [0.2, 0.25) is 0 Å². The molecule has 172 valence electrons. The van der Waals surface area contributed by atoms with Gasteiger partial charge >= 0.3 is 6.03 Å². The van der Waals surface area contributed by atoms with E-state index in [0.29, 0.717) is 11.1 Å². The van der Waals surface area contributed by atoms with Gasteiger partial charge in [-0.15, -0.1) is 10.2 Å². The normalized spacial score (nSPS) is 29.2. The van der Waals surface area contributed by atoms with Gasteiger partial charge in [0, 0.05) is 11.2 Å². The van der Waals surface area contributed by atoms with Gasteiger partial charge in [0.25, 0.3) is 5.95 Å². The topological polar surface area (TPSA) is 133 Å². The van der Waals surface area contributed by atoms with Crippen LogP contribution in [-0.4, -0.2) is 47.4 Å². The third-order valence-corrected chi connectivity index (χ3v) is 8.21. The molecule has 6 rings (SSSR count). The van der Waals surface area contributed by atoms with Crippen molar-refractivity contribution in [3.63, 3.8) is 0 Å². The van der Waals surface area contributed by atoms with Gasteiger partial charge in [0.15, 0.2) is 0 Å². The maximum Gasteiger partial charge on any atom is 0.321 e. The molecule has 4 aliphatic carbocycles. The molecule has 2 heterocycles. The Labute approximate surface area is 191 Å². The molecule has 3 amide bonds. The molecule has 4 bridgehead atoms. The second kappa shape index (κ2) is 7.79. The summed E-state index contributed by atoms with van der Waals surface area (Å²) in [4.78, 5) is 25.3. The molecule has 4 saturated carbocycles. The molecule has 4 aliphatic rings. The highest BCUT2D eigenvalue weighted by atomic mass is 32.2. The first-order valence-corrected chi connectivity index (χ1v) is 12.1. The van der Waals surface area contributed by atoms with Gasteiger partial charge < -0.3 is 11.2 Å². The third kappa shape index (κ3) is 3.87. The Morgan fingerprint density at radius 2 is 1.78 bits per heavy atom. The van der Waals surface area contributed by atoms with Gasteiger partial charge in [-0.2, -0.15) is 5.10 Å². The second-order valence-corrected chi connectivity index (χ2v) is 11.2. The van der Waals surface area contributed by atoms with Crippen molar-refractivity contribution in [2.75, 3.05) is 5.84 Å². The van der Waals surface area contributed by atoms with Crippen molar-refractivity contribution in [1.29, 1.82) is 0 Å². The van der Waals surface area contributed by atoms with Crippen molar-refractivity contribution in [2.45, 2.75) is 75.2 Å². The molecule has 4 fully saturated rings. The number of imide groups is 1. The third-order valence-electron chi connectivity index (χ3n) is 7.15. The molecule has 4 N–H and O–H groups in total. The number of urea groups is 1. The predicted octanol–water partition coefficient (Wildman–Crippen LogP) is 2.07. The van der Waals surface area contributed by atoms with Crippen LogP contribution in [0, 0.1) is 31.6 Å². The van der Waals surface area contributed by atoms with Gasteiger partial charge in [0.05, 0.1) is 10.9 Å². The lowest BCUT2D eigenvalue weighted by molar-refractivity contribution is -0.119. The Kier molecular flexibility index (Phi) is 5.18. The van der Waals surface area contributed by atoms with Crippen molar-refractivity contribution in [3.05, 3.63) is 17.5 Å². The molecule has 0 radical (unpaired) electrons. The average molecular weight is 459 g/mol. The Morgan fingerprint density at radius 1 is 1.16 bits per heavy atom. The molecule has 11 heteroatoms. The van der Waals surface area contributed by atoms with Crippen LogP contribution in [0.25, 0.3) is 5.95 Å². The second-order valence-electron chi connectivity index (χ2n) is 9.89. The van der Waals surface area contributed by atoms with Crippen molar-refractivity contribution >= 4 is 23.7 Å². The van der Waals surface area contributed by atoms with Crippen LogP contribution < -0.4 is 16.5 Å². The summed E-state index contributed by atoms with van der Waals surface area (Å²) in [7, 11) is 0. The number of hydrogen-bond acceptors (Lipinski definition) is 7. The van der Waals surface area contributed by atoms with E-state index in [1.165, 1.54) is 23.9 Å². The number of nitrogen functional groups attached to an aromatic ring is 1. The Balaban J connectivity index is 1.20. The summed E-state index contributed by atoms with van der Waals surface area (Å²) < 4.78 is 2.92. The zero-order valence-corrected chi connectivity index (χ0v) is 19.5. The molecule has 0 aliphatic heterocycles. The molecule has 2 aromatic rings. The Morgan fingerprint density at radius 3 is 2.34 bits per heavy atom. The quantitative estimate of drug-likeness (QED) is 0.461. The van der Waals surface area contributed by atoms with E-state index in [1.807, 2.05) is 19.9 Å². The molecular weight excluding hydrogens is 428 g/mol. The lowest BCUT2D eigenvalue weighted by Crippen LogP contribution is -2.62. The fourth-order valence-electron chi connectivity index (χ4n) is 6.29. The van der Waals surface area contributed by atoms with Crippen LogP contribution in [0.3, 0.4) is 0 Å². The highest BCUT2D eigenvalue weighted by Crippen LogP contribution is 2.55. The summed E-state index contributed by atoms with van der Waals surface area (Å²) in [6.45, 7) is 5.51. The Bertz CT molecular complexity index is 1030. The van der Waals surface area contributed by atoms with E-state index < -0.39 is 11.3 Å². The van der Waals surface area contributed by atoms with Crippen LogP contribution in [-0.2, 0) is 4.79 Å². The average Bonchev–Trinajstić information content (AvgIpc) is 3.21. The van der Waals surface area contributed by atoms with Crippen LogP contribution in [0.15, 0.2) is 11.2 Å². The lowest BCUT2D eigenvalue weighted by atomic mass is 9.53. The number of nitrogens with one attached hydrogen (secondary N) is 2. The number of amides is 3. The molecule has 2 aromatic heterocycles. The highest BCUT2D eigenvalue weighted by molar-refractivity contribution is 8.00. The first-order chi connectivity index (χ1) is 15.2. The van der Waals surface area contributed by atoms with E-state index in [2.05, 4.69) is 25.9 Å². The number of nitrogens with zero attached hydrogens (tertiary/aromatic N) is 5. The standard InChI is InChI=1S/C21H30N8O2S/c1-11-4-12(2)29(27-11)19-25-26-20(28(19)22)32-13(3)17(30)23-18(31)24-21-8-14-5-15(9-21)7-16(6-14)10-21/h4,13-16H,5-10,22H2,1-3H3,(H2,23,24,30,31). The number of aromatic nitrogens is 5. The molecule has 10 nitrogen and oxygen atoms in total. The van der Waals surface area contributed by atoms with E-state index in [9.17, 15) is 9.59 Å². The van der Waals surface area contributed by atoms with E-state index >= 15 is 0 Å². The SMILES string of the molecule is Cc1cc(C)n(-c2nnc(SC(C)C(=O)NC(=O)NC34CC5CC(CC(C5)C3)C4)n2N)n1. The largest absolute Gasteiger partial charge is 0.334 e. The molecule has 32 heavy (non-hydrogen) atoms. The van der Waals surface area contributed by atoms with Gasteiger partial charge in [0.1, 0.15) is 0 Å². The lowest BCUT2D eigenvalue weighted by Gasteiger charge is -2.56. The van der Waals surface area contributed by atoms with Gasteiger partial charge in [-0.3, -0.25) is 10.1 Å². The molecule has 0 aromatic carbocycles. The number of nitrogens with two attached hydrogens (primary N) is 1. The molecule has 1 unspecified atom stereocenters. The van der Waals surface area contributed by atoms with E-state index in [0.717, 1.165) is 60.2 Å². The minimum absolute atomic E-state index is 0.137. The number of thioether (sulfide) groups is 1. The summed E-state index contributed by atoms with van der Waals surface area (Å²) in [6, 6.07) is 1.52. The van der Waals surface area contributed by atoms with Crippen LogP contribution in [0.1, 0.15) is 56.8 Å².